The fraction of sp³-hybridized carbons (Fsp3) is 0.654. The van der Waals surface area contributed by atoms with Crippen molar-refractivity contribution in [3.63, 3.8) is 0 Å². The highest BCUT2D eigenvalue weighted by molar-refractivity contribution is 5.89. The van der Waals surface area contributed by atoms with Gasteiger partial charge in [0.2, 0.25) is 5.91 Å². The minimum absolute atomic E-state index is 0.254. The van der Waals surface area contributed by atoms with Gasteiger partial charge in [-0.05, 0) is 79.9 Å². The van der Waals surface area contributed by atoms with Gasteiger partial charge in [0, 0.05) is 35.6 Å². The van der Waals surface area contributed by atoms with Crippen LogP contribution in [0, 0.1) is 11.8 Å². The van der Waals surface area contributed by atoms with Gasteiger partial charge in [-0.1, -0.05) is 38.8 Å². The van der Waals surface area contributed by atoms with Crippen molar-refractivity contribution in [1.29, 1.82) is 0 Å². The summed E-state index contributed by atoms with van der Waals surface area (Å²) < 4.78 is 0. The molecule has 2 saturated carbocycles. The summed E-state index contributed by atoms with van der Waals surface area (Å²) in [5.74, 6) is 2.84. The van der Waals surface area contributed by atoms with Crippen molar-refractivity contribution in [2.24, 2.45) is 11.8 Å². The van der Waals surface area contributed by atoms with E-state index in [9.17, 15) is 4.79 Å². The molecule has 1 amide bonds. The topological polar surface area (TPSA) is 36.1 Å². The average Bonchev–Trinajstić information content (AvgIpc) is 3.45. The molecule has 3 nitrogen and oxygen atoms in total. The molecule has 2 aromatic rings. The van der Waals surface area contributed by atoms with Gasteiger partial charge in [0.25, 0.3) is 0 Å². The number of carbonyl (C=O) groups is 1. The Balaban J connectivity index is 1.38. The number of hydrogen-bond acceptors (Lipinski definition) is 1. The molecule has 3 fully saturated rings. The largest absolute Gasteiger partial charge is 0.361 e. The first kappa shape index (κ1) is 19.2. The average molecular weight is 393 g/mol. The molecule has 1 aromatic heterocycles. The number of rotatable bonds is 4. The minimum Gasteiger partial charge on any atom is -0.361 e. The number of H-pyrrole nitrogens is 1. The Morgan fingerprint density at radius 1 is 1.14 bits per heavy atom. The van der Waals surface area contributed by atoms with Crippen molar-refractivity contribution in [3.8, 4) is 0 Å². The molecule has 156 valence electrons. The van der Waals surface area contributed by atoms with Crippen LogP contribution >= 0.6 is 0 Å². The molecule has 1 aliphatic heterocycles. The lowest BCUT2D eigenvalue weighted by atomic mass is 9.70. The second kappa shape index (κ2) is 7.49. The SMILES string of the molecule is CC(CC(=O)N1C(C)CCC2C(C)CCCC21)c1c[nH]c2cccc(C3CC3)c12. The quantitative estimate of drug-likeness (QED) is 0.646. The number of aromatic nitrogens is 1. The maximum atomic E-state index is 13.6. The van der Waals surface area contributed by atoms with E-state index < -0.39 is 0 Å². The lowest BCUT2D eigenvalue weighted by Crippen LogP contribution is -2.55. The van der Waals surface area contributed by atoms with Crippen LogP contribution in [0.3, 0.4) is 0 Å². The molecule has 2 heterocycles. The van der Waals surface area contributed by atoms with Gasteiger partial charge in [-0.25, -0.2) is 0 Å². The molecule has 29 heavy (non-hydrogen) atoms. The number of hydrogen-bond donors (Lipinski definition) is 1. The van der Waals surface area contributed by atoms with Crippen LogP contribution in [0.1, 0.15) is 95.1 Å². The Morgan fingerprint density at radius 2 is 1.97 bits per heavy atom. The molecule has 3 aliphatic rings. The molecule has 5 rings (SSSR count). The molecule has 0 spiro atoms. The van der Waals surface area contributed by atoms with E-state index in [1.54, 1.807) is 0 Å². The predicted octanol–water partition coefficient (Wildman–Crippen LogP) is 6.35. The van der Waals surface area contributed by atoms with Gasteiger partial charge in [0.05, 0.1) is 0 Å². The van der Waals surface area contributed by atoms with Crippen LogP contribution in [0.5, 0.6) is 0 Å². The first-order valence-corrected chi connectivity index (χ1v) is 12.0. The van der Waals surface area contributed by atoms with E-state index in [-0.39, 0.29) is 5.92 Å². The molecule has 0 bridgehead atoms. The number of amides is 1. The first-order valence-electron chi connectivity index (χ1n) is 12.0. The highest BCUT2D eigenvalue weighted by Crippen LogP contribution is 2.46. The molecule has 1 saturated heterocycles. The molecule has 1 aromatic carbocycles. The molecule has 5 unspecified atom stereocenters. The Kier molecular flexibility index (Phi) is 4.96. The predicted molar refractivity (Wildman–Crippen MR) is 119 cm³/mol. The molecule has 3 heteroatoms. The van der Waals surface area contributed by atoms with Gasteiger partial charge in [0.15, 0.2) is 0 Å². The highest BCUT2D eigenvalue weighted by atomic mass is 16.2. The fourth-order valence-corrected chi connectivity index (χ4v) is 6.45. The normalized spacial score (nSPS) is 30.9. The van der Waals surface area contributed by atoms with Gasteiger partial charge in [-0.3, -0.25) is 4.79 Å². The number of benzene rings is 1. The van der Waals surface area contributed by atoms with Crippen molar-refractivity contribution in [2.45, 2.75) is 96.1 Å². The van der Waals surface area contributed by atoms with Crippen LogP contribution in [0.4, 0.5) is 0 Å². The highest BCUT2D eigenvalue weighted by Gasteiger charge is 2.42. The van der Waals surface area contributed by atoms with Crippen LogP contribution in [-0.4, -0.2) is 27.9 Å². The summed E-state index contributed by atoms with van der Waals surface area (Å²) in [7, 11) is 0. The van der Waals surface area contributed by atoms with E-state index in [1.165, 1.54) is 67.0 Å². The third-order valence-corrected chi connectivity index (χ3v) is 8.22. The maximum absolute atomic E-state index is 13.6. The van der Waals surface area contributed by atoms with Crippen LogP contribution in [-0.2, 0) is 4.79 Å². The number of aromatic amines is 1. The minimum atomic E-state index is 0.254. The van der Waals surface area contributed by atoms with Crippen molar-refractivity contribution >= 4 is 16.8 Å². The summed E-state index contributed by atoms with van der Waals surface area (Å²) in [5.41, 5.74) is 4.07. The third kappa shape index (κ3) is 3.41. The summed E-state index contributed by atoms with van der Waals surface area (Å²) in [4.78, 5) is 19.4. The Morgan fingerprint density at radius 3 is 2.76 bits per heavy atom. The molecule has 0 radical (unpaired) electrons. The lowest BCUT2D eigenvalue weighted by molar-refractivity contribution is -0.142. The summed E-state index contributed by atoms with van der Waals surface area (Å²) in [6, 6.07) is 7.52. The van der Waals surface area contributed by atoms with Crippen LogP contribution in [0.2, 0.25) is 0 Å². The van der Waals surface area contributed by atoms with E-state index in [0.29, 0.717) is 30.3 Å². The number of carbonyl (C=O) groups excluding carboxylic acids is 1. The summed E-state index contributed by atoms with van der Waals surface area (Å²) in [5, 5.41) is 1.39. The van der Waals surface area contributed by atoms with E-state index in [4.69, 9.17) is 0 Å². The second-order valence-electron chi connectivity index (χ2n) is 10.3. The number of likely N-dealkylation sites (tertiary alicyclic amines) is 1. The number of nitrogens with zero attached hydrogens (tertiary/aromatic N) is 1. The summed E-state index contributed by atoms with van der Waals surface area (Å²) in [6.07, 6.45) is 11.7. The monoisotopic (exact) mass is 392 g/mol. The zero-order chi connectivity index (χ0) is 20.1. The van der Waals surface area contributed by atoms with Crippen molar-refractivity contribution in [3.05, 3.63) is 35.5 Å². The summed E-state index contributed by atoms with van der Waals surface area (Å²) >= 11 is 0. The molecule has 5 atom stereocenters. The van der Waals surface area contributed by atoms with E-state index >= 15 is 0 Å². The van der Waals surface area contributed by atoms with Gasteiger partial charge >= 0.3 is 0 Å². The molecule has 2 aliphatic carbocycles. The van der Waals surface area contributed by atoms with Crippen molar-refractivity contribution in [1.82, 2.24) is 9.88 Å². The Hall–Kier alpha value is -1.77. The summed E-state index contributed by atoms with van der Waals surface area (Å²) in [6.45, 7) is 6.93. The van der Waals surface area contributed by atoms with Gasteiger partial charge in [-0.15, -0.1) is 0 Å². The van der Waals surface area contributed by atoms with E-state index in [2.05, 4.69) is 55.1 Å². The van der Waals surface area contributed by atoms with Gasteiger partial charge in [-0.2, -0.15) is 0 Å². The van der Waals surface area contributed by atoms with Crippen molar-refractivity contribution in [2.75, 3.05) is 0 Å². The van der Waals surface area contributed by atoms with Crippen molar-refractivity contribution < 1.29 is 4.79 Å². The van der Waals surface area contributed by atoms with Gasteiger partial charge < -0.3 is 9.88 Å². The number of piperidine rings is 1. The lowest BCUT2D eigenvalue weighted by Gasteiger charge is -2.50. The first-order chi connectivity index (χ1) is 14.0. The standard InChI is InChI=1S/C26H36N2O/c1-16-6-4-9-24-20(16)13-10-18(3)28(24)25(29)14-17(2)22-15-27-23-8-5-7-21(26(22)23)19-11-12-19/h5,7-8,15-20,24,27H,4,6,9-14H2,1-3H3. The zero-order valence-electron chi connectivity index (χ0n) is 18.3. The van der Waals surface area contributed by atoms with Crippen LogP contribution in [0.15, 0.2) is 24.4 Å². The Labute approximate surface area is 175 Å². The smallest absolute Gasteiger partial charge is 0.223 e. The van der Waals surface area contributed by atoms with Gasteiger partial charge in [0.1, 0.15) is 0 Å². The second-order valence-corrected chi connectivity index (χ2v) is 10.3. The Bertz CT molecular complexity index is 895. The van der Waals surface area contributed by atoms with Crippen LogP contribution in [0.25, 0.3) is 10.9 Å². The van der Waals surface area contributed by atoms with Crippen LogP contribution < -0.4 is 0 Å². The maximum Gasteiger partial charge on any atom is 0.223 e. The zero-order valence-corrected chi connectivity index (χ0v) is 18.3. The third-order valence-electron chi connectivity index (χ3n) is 8.22. The molecule has 1 N–H and O–H groups in total. The van der Waals surface area contributed by atoms with E-state index in [1.807, 2.05) is 0 Å². The fourth-order valence-electron chi connectivity index (χ4n) is 6.45. The number of nitrogens with one attached hydrogen (secondary N) is 1. The molecular weight excluding hydrogens is 356 g/mol. The van der Waals surface area contributed by atoms with E-state index in [0.717, 1.165) is 11.8 Å². The number of fused-ring (bicyclic) bond motifs is 2. The molecular formula is C26H36N2O.